The number of likely N-dealkylation sites (tertiary alicyclic amines) is 1. The molecule has 1 aliphatic rings. The molecule has 0 amide bonds. The first-order chi connectivity index (χ1) is 8.97. The average molecular weight is 282 g/mol. The number of benzene rings is 1. The third kappa shape index (κ3) is 4.48. The molecular weight excluding hydrogens is 258 g/mol. The van der Waals surface area contributed by atoms with Crippen molar-refractivity contribution in [1.82, 2.24) is 4.90 Å². The Bertz CT molecular complexity index is 411. The van der Waals surface area contributed by atoms with E-state index in [1.165, 1.54) is 0 Å². The maximum atomic E-state index is 10.7. The van der Waals surface area contributed by atoms with Gasteiger partial charge in [-0.05, 0) is 36.5 Å². The molecule has 3 heteroatoms. The Morgan fingerprint density at radius 2 is 2.00 bits per heavy atom. The lowest BCUT2D eigenvalue weighted by Gasteiger charge is -2.39. The molecule has 1 aromatic rings. The van der Waals surface area contributed by atoms with E-state index in [2.05, 4.69) is 18.7 Å². The van der Waals surface area contributed by atoms with Crippen molar-refractivity contribution in [2.24, 2.45) is 5.92 Å². The smallest absolute Gasteiger partial charge is 0.0712 e. The van der Waals surface area contributed by atoms with Crippen molar-refractivity contribution in [2.45, 2.75) is 38.7 Å². The number of nitrogens with zero attached hydrogens (tertiary/aromatic N) is 1. The summed E-state index contributed by atoms with van der Waals surface area (Å²) in [5.74, 6) is 0.694. The zero-order chi connectivity index (χ0) is 13.9. The maximum Gasteiger partial charge on any atom is 0.0712 e. The van der Waals surface area contributed by atoms with Gasteiger partial charge in [0.1, 0.15) is 0 Å². The van der Waals surface area contributed by atoms with Crippen LogP contribution in [0, 0.1) is 5.92 Å². The molecule has 0 radical (unpaired) electrons. The van der Waals surface area contributed by atoms with Gasteiger partial charge in [0.2, 0.25) is 0 Å². The fourth-order valence-corrected chi connectivity index (χ4v) is 3.08. The van der Waals surface area contributed by atoms with E-state index in [4.69, 9.17) is 11.6 Å². The van der Waals surface area contributed by atoms with Gasteiger partial charge < -0.3 is 10.0 Å². The second-order valence-corrected chi connectivity index (χ2v) is 6.66. The van der Waals surface area contributed by atoms with Gasteiger partial charge in [0.15, 0.2) is 0 Å². The van der Waals surface area contributed by atoms with Crippen LogP contribution in [0.15, 0.2) is 24.3 Å². The maximum absolute atomic E-state index is 10.7. The van der Waals surface area contributed by atoms with Gasteiger partial charge in [-0.15, -0.1) is 0 Å². The second-order valence-electron chi connectivity index (χ2n) is 6.23. The molecule has 0 unspecified atom stereocenters. The summed E-state index contributed by atoms with van der Waals surface area (Å²) in [4.78, 5) is 2.46. The van der Waals surface area contributed by atoms with Gasteiger partial charge in [-0.2, -0.15) is 0 Å². The van der Waals surface area contributed by atoms with Gasteiger partial charge in [-0.1, -0.05) is 37.6 Å². The molecule has 0 aromatic heterocycles. The van der Waals surface area contributed by atoms with Crippen molar-refractivity contribution in [3.05, 3.63) is 34.9 Å². The molecule has 0 aliphatic carbocycles. The van der Waals surface area contributed by atoms with E-state index < -0.39 is 5.60 Å². The van der Waals surface area contributed by atoms with Gasteiger partial charge in [0.25, 0.3) is 0 Å². The van der Waals surface area contributed by atoms with Crippen LogP contribution in [0.2, 0.25) is 5.02 Å². The van der Waals surface area contributed by atoms with Crippen LogP contribution in [-0.4, -0.2) is 35.2 Å². The van der Waals surface area contributed by atoms with Crippen LogP contribution in [0.5, 0.6) is 0 Å². The Morgan fingerprint density at radius 3 is 2.58 bits per heavy atom. The summed E-state index contributed by atoms with van der Waals surface area (Å²) in [5.41, 5.74) is 0.574. The molecule has 2 nitrogen and oxygen atoms in total. The zero-order valence-corrected chi connectivity index (χ0v) is 12.7. The quantitative estimate of drug-likeness (QED) is 0.915. The molecule has 2 rings (SSSR count). The van der Waals surface area contributed by atoms with Crippen molar-refractivity contribution in [1.29, 1.82) is 0 Å². The topological polar surface area (TPSA) is 23.5 Å². The Hall–Kier alpha value is -0.570. The number of aliphatic hydroxyl groups is 1. The summed E-state index contributed by atoms with van der Waals surface area (Å²) < 4.78 is 0. The number of hydrogen-bond acceptors (Lipinski definition) is 2. The molecule has 1 N–H and O–H groups in total. The van der Waals surface area contributed by atoms with Crippen molar-refractivity contribution in [3.8, 4) is 0 Å². The number of halogens is 1. The highest BCUT2D eigenvalue weighted by molar-refractivity contribution is 6.30. The largest absolute Gasteiger partial charge is 0.389 e. The standard InChI is InChI=1S/C16H24ClNO/c1-13(2)12-18-8-6-16(19,7-9-18)11-14-4-3-5-15(17)10-14/h3-5,10,13,19H,6-9,11-12H2,1-2H3. The lowest BCUT2D eigenvalue weighted by Crippen LogP contribution is -2.46. The second kappa shape index (κ2) is 6.25. The Balaban J connectivity index is 1.91. The van der Waals surface area contributed by atoms with E-state index in [1.54, 1.807) is 0 Å². The summed E-state index contributed by atoms with van der Waals surface area (Å²) >= 11 is 6.00. The summed E-state index contributed by atoms with van der Waals surface area (Å²) in [6.45, 7) is 7.61. The predicted molar refractivity (Wildman–Crippen MR) is 80.6 cm³/mol. The average Bonchev–Trinajstić information content (AvgIpc) is 2.32. The number of hydrogen-bond donors (Lipinski definition) is 1. The fraction of sp³-hybridized carbons (Fsp3) is 0.625. The molecule has 1 saturated heterocycles. The molecule has 0 saturated carbocycles. The lowest BCUT2D eigenvalue weighted by molar-refractivity contribution is -0.0227. The SMILES string of the molecule is CC(C)CN1CCC(O)(Cc2cccc(Cl)c2)CC1. The summed E-state index contributed by atoms with van der Waals surface area (Å²) in [6, 6.07) is 7.83. The van der Waals surface area contributed by atoms with Crippen LogP contribution in [0.25, 0.3) is 0 Å². The van der Waals surface area contributed by atoms with Crippen LogP contribution in [0.1, 0.15) is 32.3 Å². The molecule has 106 valence electrons. The monoisotopic (exact) mass is 281 g/mol. The Kier molecular flexibility index (Phi) is 4.88. The minimum Gasteiger partial charge on any atom is -0.389 e. The molecule has 0 atom stereocenters. The first-order valence-corrected chi connectivity index (χ1v) is 7.54. The van der Waals surface area contributed by atoms with Gasteiger partial charge in [-0.3, -0.25) is 0 Å². The predicted octanol–water partition coefficient (Wildman–Crippen LogP) is 3.37. The van der Waals surface area contributed by atoms with E-state index >= 15 is 0 Å². The van der Waals surface area contributed by atoms with Gasteiger partial charge in [0.05, 0.1) is 5.60 Å². The molecule has 1 heterocycles. The van der Waals surface area contributed by atoms with Crippen molar-refractivity contribution < 1.29 is 5.11 Å². The Labute approximate surface area is 121 Å². The minimum absolute atomic E-state index is 0.557. The molecular formula is C16H24ClNO. The molecule has 1 aliphatic heterocycles. The Morgan fingerprint density at radius 1 is 1.32 bits per heavy atom. The van der Waals surface area contributed by atoms with Crippen molar-refractivity contribution in [3.63, 3.8) is 0 Å². The zero-order valence-electron chi connectivity index (χ0n) is 11.9. The molecule has 0 spiro atoms. The summed E-state index contributed by atoms with van der Waals surface area (Å²) in [6.07, 6.45) is 2.42. The first-order valence-electron chi connectivity index (χ1n) is 7.16. The van der Waals surface area contributed by atoms with Crippen molar-refractivity contribution >= 4 is 11.6 Å². The van der Waals surface area contributed by atoms with E-state index in [-0.39, 0.29) is 0 Å². The van der Waals surface area contributed by atoms with Crippen molar-refractivity contribution in [2.75, 3.05) is 19.6 Å². The highest BCUT2D eigenvalue weighted by Gasteiger charge is 2.32. The first kappa shape index (κ1) is 14.8. The summed E-state index contributed by atoms with van der Waals surface area (Å²) in [7, 11) is 0. The molecule has 0 bridgehead atoms. The van der Waals surface area contributed by atoms with Gasteiger partial charge in [0, 0.05) is 31.1 Å². The van der Waals surface area contributed by atoms with E-state index in [0.717, 1.165) is 43.1 Å². The van der Waals surface area contributed by atoms with Crippen LogP contribution in [-0.2, 0) is 6.42 Å². The number of rotatable bonds is 4. The normalized spacial score (nSPS) is 19.8. The van der Waals surface area contributed by atoms with Gasteiger partial charge >= 0.3 is 0 Å². The minimum atomic E-state index is -0.557. The van der Waals surface area contributed by atoms with Crippen LogP contribution < -0.4 is 0 Å². The van der Waals surface area contributed by atoms with Crippen LogP contribution in [0.3, 0.4) is 0 Å². The van der Waals surface area contributed by atoms with Crippen LogP contribution in [0.4, 0.5) is 0 Å². The third-order valence-corrected chi connectivity index (χ3v) is 4.07. The highest BCUT2D eigenvalue weighted by atomic mass is 35.5. The molecule has 19 heavy (non-hydrogen) atoms. The summed E-state index contributed by atoms with van der Waals surface area (Å²) in [5, 5.41) is 11.4. The lowest BCUT2D eigenvalue weighted by atomic mass is 9.85. The highest BCUT2D eigenvalue weighted by Crippen LogP contribution is 2.27. The third-order valence-electron chi connectivity index (χ3n) is 3.83. The molecule has 1 fully saturated rings. The van der Waals surface area contributed by atoms with E-state index in [0.29, 0.717) is 12.3 Å². The molecule has 1 aromatic carbocycles. The fourth-order valence-electron chi connectivity index (χ4n) is 2.87. The number of piperidine rings is 1. The van der Waals surface area contributed by atoms with E-state index in [9.17, 15) is 5.11 Å². The van der Waals surface area contributed by atoms with Crippen LogP contribution >= 0.6 is 11.6 Å². The van der Waals surface area contributed by atoms with Gasteiger partial charge in [-0.25, -0.2) is 0 Å². The van der Waals surface area contributed by atoms with E-state index in [1.807, 2.05) is 24.3 Å².